The van der Waals surface area contributed by atoms with Crippen LogP contribution in [0.15, 0.2) is 18.2 Å². The number of carbonyl (C=O) groups is 1. The van der Waals surface area contributed by atoms with E-state index >= 15 is 0 Å². The number of anilines is 2. The van der Waals surface area contributed by atoms with E-state index < -0.39 is 5.82 Å². The summed E-state index contributed by atoms with van der Waals surface area (Å²) >= 11 is 0. The number of amides is 1. The number of likely N-dealkylation sites (tertiary alicyclic amines) is 1. The van der Waals surface area contributed by atoms with Crippen LogP contribution in [-0.4, -0.2) is 29.9 Å². The molecule has 0 aromatic heterocycles. The first-order valence-corrected chi connectivity index (χ1v) is 7.11. The van der Waals surface area contributed by atoms with Gasteiger partial charge in [-0.25, -0.2) is 4.39 Å². The molecule has 3 N–H and O–H groups in total. The van der Waals surface area contributed by atoms with Crippen molar-refractivity contribution in [3.63, 3.8) is 0 Å². The Morgan fingerprint density at radius 2 is 2.35 bits per heavy atom. The molecule has 1 aromatic carbocycles. The minimum atomic E-state index is -0.465. The molecule has 1 aliphatic heterocycles. The number of benzene rings is 1. The lowest BCUT2D eigenvalue weighted by molar-refractivity contribution is -0.120. The summed E-state index contributed by atoms with van der Waals surface area (Å²) in [5.41, 5.74) is 6.19. The molecule has 0 radical (unpaired) electrons. The summed E-state index contributed by atoms with van der Waals surface area (Å²) in [6.07, 6.45) is 2.26. The molecule has 1 aliphatic rings. The van der Waals surface area contributed by atoms with Gasteiger partial charge in [-0.05, 0) is 44.0 Å². The van der Waals surface area contributed by atoms with Crippen molar-refractivity contribution >= 4 is 17.3 Å². The molecule has 0 spiro atoms. The van der Waals surface area contributed by atoms with Crippen molar-refractivity contribution in [2.45, 2.75) is 32.7 Å². The number of halogens is 1. The monoisotopic (exact) mass is 279 g/mol. The van der Waals surface area contributed by atoms with Gasteiger partial charge in [0, 0.05) is 12.2 Å². The first-order chi connectivity index (χ1) is 9.51. The molecule has 4 nitrogen and oxygen atoms in total. The third kappa shape index (κ3) is 3.28. The molecule has 2 rings (SSSR count). The molecule has 110 valence electrons. The Morgan fingerprint density at radius 1 is 1.60 bits per heavy atom. The molecule has 0 bridgehead atoms. The van der Waals surface area contributed by atoms with Gasteiger partial charge < -0.3 is 11.1 Å². The topological polar surface area (TPSA) is 58.4 Å². The Bertz CT molecular complexity index is 492. The molecule has 0 aliphatic carbocycles. The number of hydrogen-bond donors (Lipinski definition) is 2. The first kappa shape index (κ1) is 14.8. The Balaban J connectivity index is 1.99. The van der Waals surface area contributed by atoms with E-state index in [0.717, 1.165) is 25.9 Å². The lowest BCUT2D eigenvalue weighted by atomic mass is 10.1. The Morgan fingerprint density at radius 3 is 3.00 bits per heavy atom. The standard InChI is InChI=1S/C15H22FN3O/c1-3-11-6-7-19(9-11)10(2)15(20)18-14-8-12(17)4-5-13(14)16/h4-5,8,10-11H,3,6-7,9,17H2,1-2H3,(H,18,20). The van der Waals surface area contributed by atoms with Gasteiger partial charge in [0.2, 0.25) is 5.91 Å². The summed E-state index contributed by atoms with van der Waals surface area (Å²) in [7, 11) is 0. The predicted molar refractivity (Wildman–Crippen MR) is 78.9 cm³/mol. The Hall–Kier alpha value is -1.62. The first-order valence-electron chi connectivity index (χ1n) is 7.11. The molecule has 5 heteroatoms. The average molecular weight is 279 g/mol. The lowest BCUT2D eigenvalue weighted by Gasteiger charge is -2.23. The zero-order valence-electron chi connectivity index (χ0n) is 12.0. The largest absolute Gasteiger partial charge is 0.399 e. The molecule has 1 aromatic rings. The van der Waals surface area contributed by atoms with Gasteiger partial charge in [0.25, 0.3) is 0 Å². The molecule has 1 heterocycles. The maximum atomic E-state index is 13.6. The summed E-state index contributed by atoms with van der Waals surface area (Å²) in [6.45, 7) is 5.88. The highest BCUT2D eigenvalue weighted by molar-refractivity contribution is 5.95. The van der Waals surface area contributed by atoms with E-state index in [0.29, 0.717) is 11.6 Å². The number of nitrogens with one attached hydrogen (secondary N) is 1. The highest BCUT2D eigenvalue weighted by Crippen LogP contribution is 2.22. The number of nitrogens with two attached hydrogens (primary N) is 1. The lowest BCUT2D eigenvalue weighted by Crippen LogP contribution is -2.40. The average Bonchev–Trinajstić information content (AvgIpc) is 2.90. The fourth-order valence-electron chi connectivity index (χ4n) is 2.59. The summed E-state index contributed by atoms with van der Waals surface area (Å²) in [5, 5.41) is 2.62. The number of rotatable bonds is 4. The number of nitrogen functional groups attached to an aromatic ring is 1. The third-order valence-electron chi connectivity index (χ3n) is 4.07. The van der Waals surface area contributed by atoms with Crippen LogP contribution < -0.4 is 11.1 Å². The Labute approximate surface area is 119 Å². The fourth-order valence-corrected chi connectivity index (χ4v) is 2.59. The van der Waals surface area contributed by atoms with Crippen molar-refractivity contribution in [2.75, 3.05) is 24.1 Å². The quantitative estimate of drug-likeness (QED) is 0.832. The van der Waals surface area contributed by atoms with Crippen LogP contribution >= 0.6 is 0 Å². The Kier molecular flexibility index (Phi) is 4.60. The van der Waals surface area contributed by atoms with E-state index in [2.05, 4.69) is 17.1 Å². The highest BCUT2D eigenvalue weighted by Gasteiger charge is 2.28. The van der Waals surface area contributed by atoms with Gasteiger partial charge in [0.05, 0.1) is 11.7 Å². The number of carbonyl (C=O) groups excluding carboxylic acids is 1. The summed E-state index contributed by atoms with van der Waals surface area (Å²) in [5.74, 6) is 0.00761. The van der Waals surface area contributed by atoms with E-state index in [1.165, 1.54) is 18.2 Å². The smallest absolute Gasteiger partial charge is 0.241 e. The van der Waals surface area contributed by atoms with Gasteiger partial charge in [0.15, 0.2) is 0 Å². The summed E-state index contributed by atoms with van der Waals surface area (Å²) in [4.78, 5) is 14.3. The van der Waals surface area contributed by atoms with Crippen molar-refractivity contribution in [2.24, 2.45) is 5.92 Å². The molecule has 2 unspecified atom stereocenters. The van der Waals surface area contributed by atoms with Crippen molar-refractivity contribution in [3.8, 4) is 0 Å². The zero-order chi connectivity index (χ0) is 14.7. The third-order valence-corrected chi connectivity index (χ3v) is 4.07. The van der Waals surface area contributed by atoms with E-state index in [-0.39, 0.29) is 17.6 Å². The van der Waals surface area contributed by atoms with Crippen molar-refractivity contribution < 1.29 is 9.18 Å². The second kappa shape index (κ2) is 6.22. The van der Waals surface area contributed by atoms with Crippen LogP contribution in [0.25, 0.3) is 0 Å². The molecule has 1 amide bonds. The van der Waals surface area contributed by atoms with Crippen LogP contribution in [-0.2, 0) is 4.79 Å². The van der Waals surface area contributed by atoms with Crippen molar-refractivity contribution in [1.29, 1.82) is 0 Å². The minimum Gasteiger partial charge on any atom is -0.399 e. The van der Waals surface area contributed by atoms with Crippen molar-refractivity contribution in [3.05, 3.63) is 24.0 Å². The van der Waals surface area contributed by atoms with E-state index in [1.807, 2.05) is 6.92 Å². The maximum Gasteiger partial charge on any atom is 0.241 e. The maximum absolute atomic E-state index is 13.6. The second-order valence-corrected chi connectivity index (χ2v) is 5.46. The van der Waals surface area contributed by atoms with Crippen LogP contribution in [0.1, 0.15) is 26.7 Å². The van der Waals surface area contributed by atoms with Gasteiger partial charge in [-0.3, -0.25) is 9.69 Å². The van der Waals surface area contributed by atoms with Gasteiger partial charge in [-0.1, -0.05) is 13.3 Å². The molecule has 2 atom stereocenters. The molecule has 1 saturated heterocycles. The van der Waals surface area contributed by atoms with Gasteiger partial charge in [-0.2, -0.15) is 0 Å². The van der Waals surface area contributed by atoms with Gasteiger partial charge >= 0.3 is 0 Å². The number of hydrogen-bond acceptors (Lipinski definition) is 3. The van der Waals surface area contributed by atoms with E-state index in [1.54, 1.807) is 0 Å². The SMILES string of the molecule is CCC1CCN(C(C)C(=O)Nc2cc(N)ccc2F)C1. The zero-order valence-corrected chi connectivity index (χ0v) is 12.0. The van der Waals surface area contributed by atoms with Crippen LogP contribution in [0.5, 0.6) is 0 Å². The van der Waals surface area contributed by atoms with Crippen molar-refractivity contribution in [1.82, 2.24) is 4.90 Å². The summed E-state index contributed by atoms with van der Waals surface area (Å²) < 4.78 is 13.6. The van der Waals surface area contributed by atoms with E-state index in [4.69, 9.17) is 5.73 Å². The molecule has 0 saturated carbocycles. The van der Waals surface area contributed by atoms with E-state index in [9.17, 15) is 9.18 Å². The van der Waals surface area contributed by atoms with Crippen LogP contribution in [0.2, 0.25) is 0 Å². The molecular formula is C15H22FN3O. The molecule has 1 fully saturated rings. The van der Waals surface area contributed by atoms with Crippen LogP contribution in [0.3, 0.4) is 0 Å². The molecule has 20 heavy (non-hydrogen) atoms. The second-order valence-electron chi connectivity index (χ2n) is 5.46. The molecular weight excluding hydrogens is 257 g/mol. The summed E-state index contributed by atoms with van der Waals surface area (Å²) in [6, 6.07) is 3.92. The van der Waals surface area contributed by atoms with Crippen LogP contribution in [0, 0.1) is 11.7 Å². The minimum absolute atomic E-state index is 0.146. The predicted octanol–water partition coefficient (Wildman–Crippen LogP) is 2.47. The fraction of sp³-hybridized carbons (Fsp3) is 0.533. The number of nitrogens with zero attached hydrogens (tertiary/aromatic N) is 1. The normalized spacial score (nSPS) is 20.9. The van der Waals surface area contributed by atoms with Crippen LogP contribution in [0.4, 0.5) is 15.8 Å². The highest BCUT2D eigenvalue weighted by atomic mass is 19.1. The van der Waals surface area contributed by atoms with Gasteiger partial charge in [0.1, 0.15) is 5.82 Å². The van der Waals surface area contributed by atoms with Gasteiger partial charge in [-0.15, -0.1) is 0 Å².